The van der Waals surface area contributed by atoms with Crippen molar-refractivity contribution in [1.82, 2.24) is 0 Å². The number of carbonyl (C=O) groups is 1. The molecule has 0 saturated heterocycles. The van der Waals surface area contributed by atoms with Gasteiger partial charge in [0, 0.05) is 23.9 Å². The average molecular weight is 328 g/mol. The second-order valence-corrected chi connectivity index (χ2v) is 4.80. The molecule has 5 nitrogen and oxygen atoms in total. The van der Waals surface area contributed by atoms with Gasteiger partial charge in [-0.05, 0) is 24.1 Å². The Kier molecular flexibility index (Phi) is 6.21. The van der Waals surface area contributed by atoms with E-state index in [9.17, 15) is 14.9 Å². The van der Waals surface area contributed by atoms with E-state index in [1.807, 2.05) is 12.1 Å². The van der Waals surface area contributed by atoms with E-state index in [-0.39, 0.29) is 24.7 Å². The zero-order valence-electron chi connectivity index (χ0n) is 10.5. The topological polar surface area (TPSA) is 69.4 Å². The van der Waals surface area contributed by atoms with Gasteiger partial charge in [0.25, 0.3) is 0 Å². The molecular weight excluding hydrogens is 314 g/mol. The lowest BCUT2D eigenvalue weighted by molar-refractivity contribution is -0.426. The molecule has 0 aliphatic carbocycles. The van der Waals surface area contributed by atoms with E-state index in [0.717, 1.165) is 10.0 Å². The SMILES string of the molecule is CC(=O)OCCC/C(=C/c1ccc(Br)cc1)[N+](=O)[O-]. The molecule has 19 heavy (non-hydrogen) atoms. The zero-order chi connectivity index (χ0) is 14.3. The van der Waals surface area contributed by atoms with Crippen molar-refractivity contribution in [3.05, 3.63) is 50.1 Å². The smallest absolute Gasteiger partial charge is 0.302 e. The molecule has 0 radical (unpaired) electrons. The highest BCUT2D eigenvalue weighted by Gasteiger charge is 2.10. The highest BCUT2D eigenvalue weighted by atomic mass is 79.9. The van der Waals surface area contributed by atoms with Crippen LogP contribution in [0, 0.1) is 10.1 Å². The minimum absolute atomic E-state index is 0.106. The first kappa shape index (κ1) is 15.4. The number of ether oxygens (including phenoxy) is 1. The Hall–Kier alpha value is -1.69. The largest absolute Gasteiger partial charge is 0.466 e. The van der Waals surface area contributed by atoms with Gasteiger partial charge in [-0.25, -0.2) is 0 Å². The molecule has 0 heterocycles. The Morgan fingerprint density at radius 2 is 2.05 bits per heavy atom. The van der Waals surface area contributed by atoms with Crippen LogP contribution in [0.3, 0.4) is 0 Å². The molecule has 1 aromatic rings. The molecule has 102 valence electrons. The van der Waals surface area contributed by atoms with E-state index in [4.69, 9.17) is 4.74 Å². The molecule has 0 saturated carbocycles. The highest BCUT2D eigenvalue weighted by Crippen LogP contribution is 2.15. The first-order chi connectivity index (χ1) is 8.99. The van der Waals surface area contributed by atoms with E-state index in [0.29, 0.717) is 6.42 Å². The van der Waals surface area contributed by atoms with E-state index < -0.39 is 4.92 Å². The van der Waals surface area contributed by atoms with E-state index >= 15 is 0 Å². The summed E-state index contributed by atoms with van der Waals surface area (Å²) in [6.45, 7) is 1.51. The summed E-state index contributed by atoms with van der Waals surface area (Å²) in [7, 11) is 0. The molecule has 0 aromatic heterocycles. The molecule has 0 bridgehead atoms. The van der Waals surface area contributed by atoms with Crippen LogP contribution in [-0.4, -0.2) is 17.5 Å². The minimum atomic E-state index is -0.407. The zero-order valence-corrected chi connectivity index (χ0v) is 12.1. The Morgan fingerprint density at radius 1 is 1.42 bits per heavy atom. The van der Waals surface area contributed by atoms with E-state index in [1.54, 1.807) is 12.1 Å². The van der Waals surface area contributed by atoms with Crippen LogP contribution in [0.4, 0.5) is 0 Å². The number of hydrogen-bond donors (Lipinski definition) is 0. The lowest BCUT2D eigenvalue weighted by Crippen LogP contribution is -2.04. The normalized spacial score (nSPS) is 11.2. The summed E-state index contributed by atoms with van der Waals surface area (Å²) in [6, 6.07) is 7.23. The minimum Gasteiger partial charge on any atom is -0.466 e. The fourth-order valence-electron chi connectivity index (χ4n) is 1.44. The van der Waals surface area contributed by atoms with Crippen LogP contribution in [0.2, 0.25) is 0 Å². The van der Waals surface area contributed by atoms with Crippen LogP contribution < -0.4 is 0 Å². The Balaban J connectivity index is 2.64. The summed E-state index contributed by atoms with van der Waals surface area (Å²) >= 11 is 3.30. The number of allylic oxidation sites excluding steroid dienone is 1. The van der Waals surface area contributed by atoms with Crippen molar-refractivity contribution >= 4 is 28.0 Å². The standard InChI is InChI=1S/C13H14BrNO4/c1-10(16)19-8-2-3-13(15(17)18)9-11-4-6-12(14)7-5-11/h4-7,9H,2-3,8H2,1H3/b13-9-. The first-order valence-corrected chi connectivity index (χ1v) is 6.52. The van der Waals surface area contributed by atoms with Gasteiger partial charge in [-0.2, -0.15) is 0 Å². The molecule has 0 fully saturated rings. The van der Waals surface area contributed by atoms with E-state index in [2.05, 4.69) is 15.9 Å². The summed E-state index contributed by atoms with van der Waals surface area (Å²) in [5, 5.41) is 10.9. The molecule has 0 spiro atoms. The van der Waals surface area contributed by atoms with Crippen molar-refractivity contribution in [2.75, 3.05) is 6.61 Å². The highest BCUT2D eigenvalue weighted by molar-refractivity contribution is 9.10. The number of esters is 1. The molecule has 1 aromatic carbocycles. The van der Waals surface area contributed by atoms with Crippen LogP contribution >= 0.6 is 15.9 Å². The second kappa shape index (κ2) is 7.68. The van der Waals surface area contributed by atoms with E-state index in [1.165, 1.54) is 13.0 Å². The van der Waals surface area contributed by atoms with Gasteiger partial charge >= 0.3 is 5.97 Å². The number of nitro groups is 1. The lowest BCUT2D eigenvalue weighted by atomic mass is 10.1. The molecule has 0 unspecified atom stereocenters. The first-order valence-electron chi connectivity index (χ1n) is 5.73. The van der Waals surface area contributed by atoms with Gasteiger partial charge in [0.05, 0.1) is 11.5 Å². The number of rotatable bonds is 6. The third-order valence-electron chi connectivity index (χ3n) is 2.32. The molecule has 0 aliphatic heterocycles. The average Bonchev–Trinajstić information content (AvgIpc) is 2.35. The van der Waals surface area contributed by atoms with Crippen LogP contribution in [-0.2, 0) is 9.53 Å². The molecule has 0 amide bonds. The third kappa shape index (κ3) is 6.15. The summed E-state index contributed by atoms with van der Waals surface area (Å²) in [4.78, 5) is 21.1. The van der Waals surface area contributed by atoms with Crippen LogP contribution in [0.1, 0.15) is 25.3 Å². The molecule has 0 aliphatic rings. The second-order valence-electron chi connectivity index (χ2n) is 3.89. The quantitative estimate of drug-likeness (QED) is 0.347. The molecular formula is C13H14BrNO4. The summed E-state index contributed by atoms with van der Waals surface area (Å²) in [6.07, 6.45) is 2.22. The molecule has 1 rings (SSSR count). The van der Waals surface area contributed by atoms with Crippen molar-refractivity contribution < 1.29 is 14.5 Å². The Morgan fingerprint density at radius 3 is 2.58 bits per heavy atom. The maximum Gasteiger partial charge on any atom is 0.302 e. The Bertz CT molecular complexity index is 482. The monoisotopic (exact) mass is 327 g/mol. The van der Waals surface area contributed by atoms with Crippen molar-refractivity contribution in [2.24, 2.45) is 0 Å². The lowest BCUT2D eigenvalue weighted by Gasteiger charge is -2.01. The molecule has 0 atom stereocenters. The summed E-state index contributed by atoms with van der Waals surface area (Å²) in [5.41, 5.74) is 0.872. The predicted octanol–water partition coefficient (Wildman–Crippen LogP) is 3.41. The van der Waals surface area contributed by atoms with Crippen molar-refractivity contribution in [2.45, 2.75) is 19.8 Å². The predicted molar refractivity (Wildman–Crippen MR) is 75.0 cm³/mol. The summed E-state index contributed by atoms with van der Waals surface area (Å²) < 4.78 is 5.66. The van der Waals surface area contributed by atoms with Gasteiger partial charge in [0.15, 0.2) is 0 Å². The van der Waals surface area contributed by atoms with Gasteiger partial charge in [-0.1, -0.05) is 28.1 Å². The van der Waals surface area contributed by atoms with Gasteiger partial charge < -0.3 is 4.74 Å². The fourth-order valence-corrected chi connectivity index (χ4v) is 1.70. The van der Waals surface area contributed by atoms with Crippen LogP contribution in [0.15, 0.2) is 34.4 Å². The maximum atomic E-state index is 10.9. The summed E-state index contributed by atoms with van der Waals surface area (Å²) in [5.74, 6) is -0.375. The maximum absolute atomic E-state index is 10.9. The van der Waals surface area contributed by atoms with Crippen molar-refractivity contribution in [1.29, 1.82) is 0 Å². The third-order valence-corrected chi connectivity index (χ3v) is 2.85. The fraction of sp³-hybridized carbons (Fsp3) is 0.308. The van der Waals surface area contributed by atoms with Crippen molar-refractivity contribution in [3.63, 3.8) is 0 Å². The molecule has 6 heteroatoms. The van der Waals surface area contributed by atoms with Crippen molar-refractivity contribution in [3.8, 4) is 0 Å². The van der Waals surface area contributed by atoms with Gasteiger partial charge in [-0.15, -0.1) is 0 Å². The number of nitrogens with zero attached hydrogens (tertiary/aromatic N) is 1. The number of carbonyl (C=O) groups excluding carboxylic acids is 1. The number of hydrogen-bond acceptors (Lipinski definition) is 4. The van der Waals surface area contributed by atoms with Crippen LogP contribution in [0.5, 0.6) is 0 Å². The van der Waals surface area contributed by atoms with Gasteiger partial charge in [0.2, 0.25) is 5.70 Å². The number of benzene rings is 1. The molecule has 0 N–H and O–H groups in total. The van der Waals surface area contributed by atoms with Gasteiger partial charge in [0.1, 0.15) is 0 Å². The van der Waals surface area contributed by atoms with Crippen LogP contribution in [0.25, 0.3) is 6.08 Å². The van der Waals surface area contributed by atoms with Gasteiger partial charge in [-0.3, -0.25) is 14.9 Å². The number of halogens is 1. The Labute approximate surface area is 119 Å².